The minimum absolute atomic E-state index is 0.111. The van der Waals surface area contributed by atoms with Crippen molar-refractivity contribution in [3.8, 4) is 11.4 Å². The highest BCUT2D eigenvalue weighted by atomic mass is 79.9. The number of halogens is 4. The van der Waals surface area contributed by atoms with Gasteiger partial charge in [0, 0.05) is 10.0 Å². The maximum atomic E-state index is 12.6. The number of fused-ring (bicyclic) bond motifs is 1. The first kappa shape index (κ1) is 18.6. The summed E-state index contributed by atoms with van der Waals surface area (Å²) >= 11 is 3.55. The molecule has 28 heavy (non-hydrogen) atoms. The van der Waals surface area contributed by atoms with Crippen LogP contribution in [0.2, 0.25) is 0 Å². The summed E-state index contributed by atoms with van der Waals surface area (Å²) in [6.45, 7) is 4.47. The Bertz CT molecular complexity index is 1160. The third-order valence-electron chi connectivity index (χ3n) is 4.53. The van der Waals surface area contributed by atoms with E-state index in [4.69, 9.17) is 0 Å². The Balaban J connectivity index is 1.60. The van der Waals surface area contributed by atoms with Gasteiger partial charge in [0.05, 0.1) is 12.1 Å². The van der Waals surface area contributed by atoms with Crippen molar-refractivity contribution in [1.29, 1.82) is 0 Å². The minimum atomic E-state index is -4.66. The van der Waals surface area contributed by atoms with E-state index >= 15 is 0 Å². The standard InChI is InChI=1S/C18H13BrF3N5O/c1-9-10(2)15-14(7-13(9)19)27(26-24-15)8-11-3-5-12(6-4-11)16-23-17(28-25-16)18(20,21)22/h3-7H,8H2,1-2H3. The molecule has 6 nitrogen and oxygen atoms in total. The zero-order valence-electron chi connectivity index (χ0n) is 14.8. The van der Waals surface area contributed by atoms with Crippen LogP contribution in [0.3, 0.4) is 0 Å². The van der Waals surface area contributed by atoms with Crippen molar-refractivity contribution >= 4 is 27.0 Å². The Morgan fingerprint density at radius 1 is 1.11 bits per heavy atom. The van der Waals surface area contributed by atoms with Gasteiger partial charge in [0.1, 0.15) is 5.52 Å². The molecule has 0 bridgehead atoms. The van der Waals surface area contributed by atoms with Gasteiger partial charge in [0.15, 0.2) is 0 Å². The predicted octanol–water partition coefficient (Wildman–Crippen LogP) is 4.93. The van der Waals surface area contributed by atoms with Crippen LogP contribution < -0.4 is 0 Å². The van der Waals surface area contributed by atoms with Gasteiger partial charge in [0.25, 0.3) is 0 Å². The van der Waals surface area contributed by atoms with E-state index in [2.05, 4.69) is 40.9 Å². The molecule has 0 aliphatic rings. The molecule has 0 unspecified atom stereocenters. The van der Waals surface area contributed by atoms with E-state index in [1.807, 2.05) is 19.9 Å². The van der Waals surface area contributed by atoms with Crippen LogP contribution in [0.25, 0.3) is 22.4 Å². The highest BCUT2D eigenvalue weighted by Crippen LogP contribution is 2.30. The number of aryl methyl sites for hydroxylation is 1. The van der Waals surface area contributed by atoms with Crippen molar-refractivity contribution < 1.29 is 17.7 Å². The lowest BCUT2D eigenvalue weighted by Gasteiger charge is -2.07. The van der Waals surface area contributed by atoms with Crippen LogP contribution in [0.5, 0.6) is 0 Å². The summed E-state index contributed by atoms with van der Waals surface area (Å²) in [5.74, 6) is -1.47. The normalized spacial score (nSPS) is 12.1. The van der Waals surface area contributed by atoms with Crippen LogP contribution in [0.1, 0.15) is 22.6 Å². The fraction of sp³-hybridized carbons (Fsp3) is 0.222. The van der Waals surface area contributed by atoms with E-state index in [0.717, 1.165) is 32.2 Å². The van der Waals surface area contributed by atoms with E-state index in [0.29, 0.717) is 12.1 Å². The molecular formula is C18H13BrF3N5O. The molecule has 0 saturated heterocycles. The number of aromatic nitrogens is 5. The van der Waals surface area contributed by atoms with Crippen LogP contribution >= 0.6 is 15.9 Å². The quantitative estimate of drug-likeness (QED) is 0.441. The monoisotopic (exact) mass is 451 g/mol. The zero-order valence-corrected chi connectivity index (χ0v) is 16.3. The highest BCUT2D eigenvalue weighted by Gasteiger charge is 2.38. The number of alkyl halides is 3. The molecule has 0 aliphatic heterocycles. The third kappa shape index (κ3) is 3.28. The van der Waals surface area contributed by atoms with Gasteiger partial charge in [0.2, 0.25) is 5.82 Å². The number of hydrogen-bond acceptors (Lipinski definition) is 5. The van der Waals surface area contributed by atoms with Gasteiger partial charge >= 0.3 is 12.1 Å². The summed E-state index contributed by atoms with van der Waals surface area (Å²) in [5, 5.41) is 11.9. The predicted molar refractivity (Wildman–Crippen MR) is 98.5 cm³/mol. The summed E-state index contributed by atoms with van der Waals surface area (Å²) in [6.07, 6.45) is -4.66. The van der Waals surface area contributed by atoms with Crippen molar-refractivity contribution in [2.24, 2.45) is 0 Å². The summed E-state index contributed by atoms with van der Waals surface area (Å²) in [5.41, 5.74) is 5.24. The summed E-state index contributed by atoms with van der Waals surface area (Å²) in [7, 11) is 0. The lowest BCUT2D eigenvalue weighted by molar-refractivity contribution is -0.159. The largest absolute Gasteiger partial charge is 0.471 e. The van der Waals surface area contributed by atoms with E-state index in [1.165, 1.54) is 0 Å². The van der Waals surface area contributed by atoms with E-state index in [9.17, 15) is 13.2 Å². The second-order valence-corrected chi connectivity index (χ2v) is 7.20. The first-order valence-corrected chi connectivity index (χ1v) is 9.02. The maximum Gasteiger partial charge on any atom is 0.471 e. The second kappa shape index (κ2) is 6.69. The van der Waals surface area contributed by atoms with Gasteiger partial charge in [-0.1, -0.05) is 50.6 Å². The first-order chi connectivity index (χ1) is 13.2. The van der Waals surface area contributed by atoms with Crippen molar-refractivity contribution in [3.63, 3.8) is 0 Å². The fourth-order valence-corrected chi connectivity index (χ4v) is 3.33. The molecule has 2 aromatic carbocycles. The molecule has 0 amide bonds. The smallest absolute Gasteiger partial charge is 0.329 e. The molecule has 0 aliphatic carbocycles. The lowest BCUT2D eigenvalue weighted by Crippen LogP contribution is -2.04. The van der Waals surface area contributed by atoms with Gasteiger partial charge in [-0.05, 0) is 36.6 Å². The molecule has 2 aromatic heterocycles. The Morgan fingerprint density at radius 3 is 2.46 bits per heavy atom. The molecule has 0 radical (unpaired) electrons. The molecule has 4 rings (SSSR count). The number of hydrogen-bond donors (Lipinski definition) is 0. The molecule has 0 atom stereocenters. The van der Waals surface area contributed by atoms with Gasteiger partial charge in [-0.2, -0.15) is 18.2 Å². The average Bonchev–Trinajstić information content (AvgIpc) is 3.28. The van der Waals surface area contributed by atoms with Crippen LogP contribution in [0, 0.1) is 13.8 Å². The van der Waals surface area contributed by atoms with Gasteiger partial charge in [-0.25, -0.2) is 4.68 Å². The molecule has 0 fully saturated rings. The van der Waals surface area contributed by atoms with Crippen molar-refractivity contribution in [1.82, 2.24) is 25.1 Å². The summed E-state index contributed by atoms with van der Waals surface area (Å²) in [4.78, 5) is 3.39. The molecule has 0 saturated carbocycles. The topological polar surface area (TPSA) is 69.6 Å². The minimum Gasteiger partial charge on any atom is -0.329 e. The van der Waals surface area contributed by atoms with Crippen LogP contribution in [0.15, 0.2) is 39.3 Å². The van der Waals surface area contributed by atoms with Crippen molar-refractivity contribution in [2.75, 3.05) is 0 Å². The Morgan fingerprint density at radius 2 is 1.82 bits per heavy atom. The molecule has 0 N–H and O–H groups in total. The Labute approximate surface area is 165 Å². The Hall–Kier alpha value is -2.75. The van der Waals surface area contributed by atoms with Gasteiger partial charge < -0.3 is 4.52 Å². The van der Waals surface area contributed by atoms with Gasteiger partial charge in [-0.3, -0.25) is 0 Å². The molecule has 0 spiro atoms. The zero-order chi connectivity index (χ0) is 20.1. The highest BCUT2D eigenvalue weighted by molar-refractivity contribution is 9.10. The number of nitrogens with zero attached hydrogens (tertiary/aromatic N) is 5. The van der Waals surface area contributed by atoms with E-state index in [-0.39, 0.29) is 5.82 Å². The second-order valence-electron chi connectivity index (χ2n) is 6.34. The SMILES string of the molecule is Cc1c(Br)cc2c(nnn2Cc2ccc(-c3noc(C(F)(F)F)n3)cc2)c1C. The number of rotatable bonds is 3. The molecule has 144 valence electrons. The van der Waals surface area contributed by atoms with Gasteiger partial charge in [-0.15, -0.1) is 5.10 Å². The molecular weight excluding hydrogens is 439 g/mol. The fourth-order valence-electron chi connectivity index (χ4n) is 2.82. The third-order valence-corrected chi connectivity index (χ3v) is 5.35. The maximum absolute atomic E-state index is 12.6. The number of benzene rings is 2. The van der Waals surface area contributed by atoms with Crippen LogP contribution in [-0.4, -0.2) is 25.1 Å². The summed E-state index contributed by atoms with van der Waals surface area (Å²) in [6, 6.07) is 8.82. The molecule has 10 heteroatoms. The molecule has 4 aromatic rings. The Kier molecular flexibility index (Phi) is 4.45. The van der Waals surface area contributed by atoms with Crippen molar-refractivity contribution in [3.05, 3.63) is 57.4 Å². The van der Waals surface area contributed by atoms with Crippen LogP contribution in [0.4, 0.5) is 13.2 Å². The summed E-state index contributed by atoms with van der Waals surface area (Å²) < 4.78 is 44.8. The molecule has 2 heterocycles. The van der Waals surface area contributed by atoms with Crippen molar-refractivity contribution in [2.45, 2.75) is 26.6 Å². The van der Waals surface area contributed by atoms with Crippen LogP contribution in [-0.2, 0) is 12.7 Å². The van der Waals surface area contributed by atoms with E-state index < -0.39 is 12.1 Å². The first-order valence-electron chi connectivity index (χ1n) is 8.23. The van der Waals surface area contributed by atoms with E-state index in [1.54, 1.807) is 28.9 Å². The lowest BCUT2D eigenvalue weighted by atomic mass is 10.1. The average molecular weight is 452 g/mol.